The molecule has 2 rings (SSSR count). The van der Waals surface area contributed by atoms with E-state index in [0.29, 0.717) is 17.7 Å². The summed E-state index contributed by atoms with van der Waals surface area (Å²) in [6.07, 6.45) is -4.60. The average molecular weight is 413 g/mol. The van der Waals surface area contributed by atoms with Crippen LogP contribution in [-0.2, 0) is 6.18 Å². The molecule has 1 unspecified atom stereocenters. The molecule has 0 spiro atoms. The largest absolute Gasteiger partial charge is 0.416 e. The Kier molecular flexibility index (Phi) is 5.87. The first kappa shape index (κ1) is 19.4. The number of halogens is 6. The minimum atomic E-state index is -4.60. The van der Waals surface area contributed by atoms with Crippen LogP contribution in [0.3, 0.4) is 0 Å². The van der Waals surface area contributed by atoms with Crippen LogP contribution in [0.25, 0.3) is 0 Å². The van der Waals surface area contributed by atoms with Crippen molar-refractivity contribution in [3.8, 4) is 0 Å². The van der Waals surface area contributed by atoms with E-state index in [1.54, 1.807) is 0 Å². The average Bonchev–Trinajstić information content (AvgIpc) is 2.52. The van der Waals surface area contributed by atoms with E-state index in [1.165, 1.54) is 24.3 Å². The Morgan fingerprint density at radius 3 is 2.04 bits per heavy atom. The first-order valence-electron chi connectivity index (χ1n) is 6.45. The van der Waals surface area contributed by atoms with Gasteiger partial charge in [-0.2, -0.15) is 23.4 Å². The Morgan fingerprint density at radius 1 is 1.08 bits per heavy atom. The standard InChI is InChI=1S/C14H7Cl3F3N3O2/c15-10-5-8(14(18,19)20)6-11(16)12(10)21-22-13(17)7-1-3-9(4-2-7)23(24)25/h1-6,13H. The predicted octanol–water partition coefficient (Wildman–Crippen LogP) is 6.94. The lowest BCUT2D eigenvalue weighted by atomic mass is 10.2. The number of nitro benzene ring substituents is 1. The Hall–Kier alpha value is -1.90. The molecular formula is C14H7Cl3F3N3O2. The molecule has 0 aliphatic rings. The Labute approximate surface area is 154 Å². The molecular weight excluding hydrogens is 406 g/mol. The smallest absolute Gasteiger partial charge is 0.258 e. The number of hydrogen-bond donors (Lipinski definition) is 0. The molecule has 0 aliphatic carbocycles. The van der Waals surface area contributed by atoms with Crippen LogP contribution in [0.4, 0.5) is 24.5 Å². The van der Waals surface area contributed by atoms with Crippen molar-refractivity contribution in [1.29, 1.82) is 0 Å². The highest BCUT2D eigenvalue weighted by Gasteiger charge is 2.32. The van der Waals surface area contributed by atoms with E-state index >= 15 is 0 Å². The van der Waals surface area contributed by atoms with Crippen molar-refractivity contribution in [3.63, 3.8) is 0 Å². The third-order valence-corrected chi connectivity index (χ3v) is 3.90. The van der Waals surface area contributed by atoms with Gasteiger partial charge in [0.25, 0.3) is 5.69 Å². The molecule has 0 saturated heterocycles. The summed E-state index contributed by atoms with van der Waals surface area (Å²) in [7, 11) is 0. The van der Waals surface area contributed by atoms with Gasteiger partial charge in [0, 0.05) is 12.1 Å². The van der Waals surface area contributed by atoms with Gasteiger partial charge in [-0.3, -0.25) is 10.1 Å². The quantitative estimate of drug-likeness (QED) is 0.179. The molecule has 0 aromatic heterocycles. The van der Waals surface area contributed by atoms with Crippen molar-refractivity contribution < 1.29 is 18.1 Å². The van der Waals surface area contributed by atoms with Crippen LogP contribution in [0.2, 0.25) is 10.0 Å². The van der Waals surface area contributed by atoms with Crippen LogP contribution in [0.15, 0.2) is 46.6 Å². The molecule has 0 fully saturated rings. The van der Waals surface area contributed by atoms with Crippen molar-refractivity contribution in [2.24, 2.45) is 10.2 Å². The summed E-state index contributed by atoms with van der Waals surface area (Å²) in [4.78, 5) is 10.0. The van der Waals surface area contributed by atoms with Gasteiger partial charge in [0.2, 0.25) is 0 Å². The lowest BCUT2D eigenvalue weighted by molar-refractivity contribution is -0.384. The zero-order valence-corrected chi connectivity index (χ0v) is 14.2. The third kappa shape index (κ3) is 4.81. The van der Waals surface area contributed by atoms with E-state index in [0.717, 1.165) is 0 Å². The number of benzene rings is 2. The zero-order chi connectivity index (χ0) is 18.8. The molecule has 2 aromatic carbocycles. The lowest BCUT2D eigenvalue weighted by Gasteiger charge is -2.09. The summed E-state index contributed by atoms with van der Waals surface area (Å²) >= 11 is 17.5. The van der Waals surface area contributed by atoms with Gasteiger partial charge in [0.05, 0.1) is 20.5 Å². The minimum absolute atomic E-state index is 0.126. The maximum absolute atomic E-state index is 12.7. The van der Waals surface area contributed by atoms with Crippen LogP contribution in [-0.4, -0.2) is 4.92 Å². The number of alkyl halides is 4. The zero-order valence-electron chi connectivity index (χ0n) is 12.0. The third-order valence-electron chi connectivity index (χ3n) is 2.98. The number of non-ortho nitro benzene ring substituents is 1. The van der Waals surface area contributed by atoms with Gasteiger partial charge < -0.3 is 0 Å². The van der Waals surface area contributed by atoms with Crippen LogP contribution in [0, 0.1) is 10.1 Å². The van der Waals surface area contributed by atoms with Gasteiger partial charge in [-0.15, -0.1) is 0 Å². The molecule has 5 nitrogen and oxygen atoms in total. The van der Waals surface area contributed by atoms with Gasteiger partial charge >= 0.3 is 6.18 Å². The van der Waals surface area contributed by atoms with Crippen LogP contribution >= 0.6 is 34.8 Å². The summed E-state index contributed by atoms with van der Waals surface area (Å²) in [5.41, 5.74) is -1.94. The number of azo groups is 1. The van der Waals surface area contributed by atoms with E-state index in [1.807, 2.05) is 0 Å². The molecule has 0 aliphatic heterocycles. The minimum Gasteiger partial charge on any atom is -0.258 e. The van der Waals surface area contributed by atoms with Crippen LogP contribution in [0.1, 0.15) is 16.6 Å². The molecule has 132 valence electrons. The van der Waals surface area contributed by atoms with Gasteiger partial charge in [-0.25, -0.2) is 0 Å². The summed E-state index contributed by atoms with van der Waals surface area (Å²) in [6, 6.07) is 6.58. The van der Waals surface area contributed by atoms with Crippen molar-refractivity contribution in [1.82, 2.24) is 0 Å². The Balaban J connectivity index is 2.25. The molecule has 0 saturated carbocycles. The van der Waals surface area contributed by atoms with Crippen LogP contribution < -0.4 is 0 Å². The Bertz CT molecular complexity index is 803. The van der Waals surface area contributed by atoms with E-state index in [2.05, 4.69) is 10.2 Å². The van der Waals surface area contributed by atoms with Gasteiger partial charge in [-0.05, 0) is 29.8 Å². The molecule has 11 heteroatoms. The maximum Gasteiger partial charge on any atom is 0.416 e. The normalized spacial score (nSPS) is 13.2. The van der Waals surface area contributed by atoms with Crippen LogP contribution in [0.5, 0.6) is 0 Å². The molecule has 0 amide bonds. The van der Waals surface area contributed by atoms with E-state index in [-0.39, 0.29) is 21.4 Å². The summed E-state index contributed by atoms with van der Waals surface area (Å²) in [6.45, 7) is 0. The fraction of sp³-hybridized carbons (Fsp3) is 0.143. The number of nitro groups is 1. The molecule has 2 aromatic rings. The molecule has 0 bridgehead atoms. The second-order valence-corrected chi connectivity index (χ2v) is 5.91. The fourth-order valence-electron chi connectivity index (χ4n) is 1.75. The monoisotopic (exact) mass is 411 g/mol. The predicted molar refractivity (Wildman–Crippen MR) is 87.7 cm³/mol. The van der Waals surface area contributed by atoms with Crippen molar-refractivity contribution in [2.75, 3.05) is 0 Å². The summed E-state index contributed by atoms with van der Waals surface area (Å²) < 4.78 is 38.0. The van der Waals surface area contributed by atoms with E-state index in [4.69, 9.17) is 34.8 Å². The second kappa shape index (κ2) is 7.55. The van der Waals surface area contributed by atoms with Crippen molar-refractivity contribution in [3.05, 3.63) is 67.7 Å². The number of hydrogen-bond acceptors (Lipinski definition) is 4. The van der Waals surface area contributed by atoms with Gasteiger partial charge in [-0.1, -0.05) is 34.8 Å². The second-order valence-electron chi connectivity index (χ2n) is 4.69. The van der Waals surface area contributed by atoms with E-state index < -0.39 is 22.2 Å². The van der Waals surface area contributed by atoms with Gasteiger partial charge in [0.15, 0.2) is 5.50 Å². The highest BCUT2D eigenvalue weighted by atomic mass is 35.5. The van der Waals surface area contributed by atoms with Crippen molar-refractivity contribution in [2.45, 2.75) is 11.7 Å². The number of nitrogens with zero attached hydrogens (tertiary/aromatic N) is 3. The van der Waals surface area contributed by atoms with Crippen molar-refractivity contribution >= 4 is 46.2 Å². The number of rotatable bonds is 4. The summed E-state index contributed by atoms with van der Waals surface area (Å²) in [5.74, 6) is 0. The first-order valence-corrected chi connectivity index (χ1v) is 7.64. The lowest BCUT2D eigenvalue weighted by Crippen LogP contribution is -2.04. The van der Waals surface area contributed by atoms with E-state index in [9.17, 15) is 23.3 Å². The highest BCUT2D eigenvalue weighted by Crippen LogP contribution is 2.40. The molecule has 0 heterocycles. The molecule has 1 atom stereocenters. The molecule has 0 radical (unpaired) electrons. The van der Waals surface area contributed by atoms with Gasteiger partial charge in [0.1, 0.15) is 5.69 Å². The Morgan fingerprint density at radius 2 is 1.60 bits per heavy atom. The SMILES string of the molecule is O=[N+]([O-])c1ccc(C(Cl)N=Nc2c(Cl)cc(C(F)(F)F)cc2Cl)cc1. The maximum atomic E-state index is 12.7. The fourth-order valence-corrected chi connectivity index (χ4v) is 2.51. The molecule has 0 N–H and O–H groups in total. The first-order chi connectivity index (χ1) is 11.6. The molecule has 25 heavy (non-hydrogen) atoms. The summed E-state index contributed by atoms with van der Waals surface area (Å²) in [5, 5.41) is 17.3. The highest BCUT2D eigenvalue weighted by molar-refractivity contribution is 6.38. The topological polar surface area (TPSA) is 67.9 Å².